The Balaban J connectivity index is 1.72. The van der Waals surface area contributed by atoms with E-state index in [2.05, 4.69) is 67.4 Å². The van der Waals surface area contributed by atoms with Crippen molar-refractivity contribution in [2.24, 2.45) is 0 Å². The van der Waals surface area contributed by atoms with Crippen LogP contribution < -0.4 is 4.74 Å². The number of benzene rings is 2. The third-order valence-electron chi connectivity index (χ3n) is 4.57. The molecule has 2 nitrogen and oxygen atoms in total. The standard InChI is InChI=1S/C20H25NO/c1-3-12-20(15-21(2)16-20)18-10-7-11-19(13-18)22-14-17-8-5-4-6-9-17/h4-11,13H,3,12,14-16H2,1-2H3. The van der Waals surface area contributed by atoms with E-state index in [1.54, 1.807) is 0 Å². The summed E-state index contributed by atoms with van der Waals surface area (Å²) in [6.45, 7) is 5.22. The van der Waals surface area contributed by atoms with Gasteiger partial charge < -0.3 is 9.64 Å². The van der Waals surface area contributed by atoms with Gasteiger partial charge in [0.25, 0.3) is 0 Å². The van der Waals surface area contributed by atoms with Crippen LogP contribution in [0.1, 0.15) is 30.9 Å². The molecule has 0 bridgehead atoms. The molecule has 116 valence electrons. The Hall–Kier alpha value is -1.80. The molecular formula is C20H25NO. The van der Waals surface area contributed by atoms with Crippen molar-refractivity contribution in [3.05, 3.63) is 65.7 Å². The van der Waals surface area contributed by atoms with Gasteiger partial charge in [0.1, 0.15) is 12.4 Å². The normalized spacial score (nSPS) is 17.0. The van der Waals surface area contributed by atoms with Crippen molar-refractivity contribution < 1.29 is 4.74 Å². The quantitative estimate of drug-likeness (QED) is 0.790. The van der Waals surface area contributed by atoms with Crippen molar-refractivity contribution in [2.75, 3.05) is 20.1 Å². The van der Waals surface area contributed by atoms with E-state index in [1.165, 1.54) is 24.0 Å². The minimum absolute atomic E-state index is 0.329. The van der Waals surface area contributed by atoms with Gasteiger partial charge in [0.05, 0.1) is 0 Å². The summed E-state index contributed by atoms with van der Waals surface area (Å²) in [6.07, 6.45) is 2.47. The van der Waals surface area contributed by atoms with Crippen LogP contribution in [0.15, 0.2) is 54.6 Å². The molecule has 0 atom stereocenters. The van der Waals surface area contributed by atoms with Crippen molar-refractivity contribution in [3.63, 3.8) is 0 Å². The van der Waals surface area contributed by atoms with E-state index >= 15 is 0 Å². The van der Waals surface area contributed by atoms with Gasteiger partial charge in [-0.1, -0.05) is 55.8 Å². The Bertz CT molecular complexity index is 597. The fraction of sp³-hybridized carbons (Fsp3) is 0.400. The summed E-state index contributed by atoms with van der Waals surface area (Å²) in [5, 5.41) is 0. The molecule has 2 aromatic rings. The van der Waals surface area contributed by atoms with Gasteiger partial charge in [-0.05, 0) is 36.7 Å². The van der Waals surface area contributed by atoms with Crippen molar-refractivity contribution in [2.45, 2.75) is 31.8 Å². The highest BCUT2D eigenvalue weighted by atomic mass is 16.5. The molecule has 2 heteroatoms. The van der Waals surface area contributed by atoms with Gasteiger partial charge in [0.15, 0.2) is 0 Å². The molecular weight excluding hydrogens is 270 g/mol. The third-order valence-corrected chi connectivity index (χ3v) is 4.57. The van der Waals surface area contributed by atoms with Crippen LogP contribution in [0.2, 0.25) is 0 Å². The smallest absolute Gasteiger partial charge is 0.120 e. The molecule has 1 aliphatic heterocycles. The summed E-state index contributed by atoms with van der Waals surface area (Å²) in [7, 11) is 2.20. The molecule has 1 saturated heterocycles. The van der Waals surface area contributed by atoms with Crippen LogP contribution in [0.3, 0.4) is 0 Å². The van der Waals surface area contributed by atoms with E-state index in [-0.39, 0.29) is 0 Å². The van der Waals surface area contributed by atoms with E-state index in [1.807, 2.05) is 6.07 Å². The molecule has 0 spiro atoms. The zero-order valence-corrected chi connectivity index (χ0v) is 13.6. The van der Waals surface area contributed by atoms with Crippen LogP contribution in [-0.4, -0.2) is 25.0 Å². The second kappa shape index (κ2) is 6.53. The molecule has 1 fully saturated rings. The van der Waals surface area contributed by atoms with Crippen LogP contribution >= 0.6 is 0 Å². The fourth-order valence-corrected chi connectivity index (χ4v) is 3.61. The molecule has 0 aromatic heterocycles. The Kier molecular flexibility index (Phi) is 4.49. The summed E-state index contributed by atoms with van der Waals surface area (Å²) >= 11 is 0. The predicted octanol–water partition coefficient (Wildman–Crippen LogP) is 4.25. The molecule has 0 radical (unpaired) electrons. The van der Waals surface area contributed by atoms with E-state index in [4.69, 9.17) is 4.74 Å². The Morgan fingerprint density at radius 1 is 1.05 bits per heavy atom. The minimum atomic E-state index is 0.329. The Labute approximate surface area is 133 Å². The first-order chi connectivity index (χ1) is 10.7. The maximum absolute atomic E-state index is 5.99. The van der Waals surface area contributed by atoms with Gasteiger partial charge in [-0.15, -0.1) is 0 Å². The molecule has 22 heavy (non-hydrogen) atoms. The minimum Gasteiger partial charge on any atom is -0.489 e. The van der Waals surface area contributed by atoms with Crippen LogP contribution in [0, 0.1) is 0 Å². The van der Waals surface area contributed by atoms with Crippen molar-refractivity contribution in [3.8, 4) is 5.75 Å². The lowest BCUT2D eigenvalue weighted by Gasteiger charge is -2.49. The summed E-state index contributed by atoms with van der Waals surface area (Å²) in [5.41, 5.74) is 2.97. The Morgan fingerprint density at radius 3 is 2.50 bits per heavy atom. The monoisotopic (exact) mass is 295 g/mol. The van der Waals surface area contributed by atoms with Gasteiger partial charge >= 0.3 is 0 Å². The Morgan fingerprint density at radius 2 is 1.82 bits per heavy atom. The summed E-state index contributed by atoms with van der Waals surface area (Å²) in [6, 6.07) is 19.0. The molecule has 3 rings (SSSR count). The number of likely N-dealkylation sites (N-methyl/N-ethyl adjacent to an activating group) is 1. The largest absolute Gasteiger partial charge is 0.489 e. The van der Waals surface area contributed by atoms with E-state index in [0.717, 1.165) is 18.8 Å². The summed E-state index contributed by atoms with van der Waals surface area (Å²) in [5.74, 6) is 0.978. The fourth-order valence-electron chi connectivity index (χ4n) is 3.61. The average molecular weight is 295 g/mol. The molecule has 0 N–H and O–H groups in total. The second-order valence-corrected chi connectivity index (χ2v) is 6.50. The molecule has 1 heterocycles. The zero-order chi connectivity index (χ0) is 15.4. The molecule has 0 saturated carbocycles. The number of hydrogen-bond donors (Lipinski definition) is 0. The van der Waals surface area contributed by atoms with Crippen LogP contribution in [0.4, 0.5) is 0 Å². The van der Waals surface area contributed by atoms with Gasteiger partial charge in [-0.2, -0.15) is 0 Å². The van der Waals surface area contributed by atoms with Crippen LogP contribution in [-0.2, 0) is 12.0 Å². The molecule has 1 aliphatic rings. The highest BCUT2D eigenvalue weighted by Crippen LogP contribution is 2.39. The van der Waals surface area contributed by atoms with Crippen molar-refractivity contribution in [1.82, 2.24) is 4.90 Å². The lowest BCUT2D eigenvalue weighted by molar-refractivity contribution is 0.0844. The van der Waals surface area contributed by atoms with Crippen LogP contribution in [0.25, 0.3) is 0 Å². The average Bonchev–Trinajstić information content (AvgIpc) is 2.53. The lowest BCUT2D eigenvalue weighted by atomic mass is 9.71. The van der Waals surface area contributed by atoms with Crippen molar-refractivity contribution >= 4 is 0 Å². The second-order valence-electron chi connectivity index (χ2n) is 6.50. The first-order valence-corrected chi connectivity index (χ1v) is 8.18. The first kappa shape index (κ1) is 15.1. The zero-order valence-electron chi connectivity index (χ0n) is 13.6. The first-order valence-electron chi connectivity index (χ1n) is 8.18. The lowest BCUT2D eigenvalue weighted by Crippen LogP contribution is -2.57. The van der Waals surface area contributed by atoms with Gasteiger partial charge in [-0.25, -0.2) is 0 Å². The van der Waals surface area contributed by atoms with Gasteiger partial charge in [0, 0.05) is 18.5 Å². The predicted molar refractivity (Wildman–Crippen MR) is 91.3 cm³/mol. The van der Waals surface area contributed by atoms with Gasteiger partial charge in [0.2, 0.25) is 0 Å². The van der Waals surface area contributed by atoms with E-state index in [9.17, 15) is 0 Å². The maximum atomic E-state index is 5.99. The highest BCUT2D eigenvalue weighted by molar-refractivity contribution is 5.36. The van der Waals surface area contributed by atoms with Crippen molar-refractivity contribution in [1.29, 1.82) is 0 Å². The number of ether oxygens (including phenoxy) is 1. The van der Waals surface area contributed by atoms with E-state index in [0.29, 0.717) is 12.0 Å². The SMILES string of the molecule is CCCC1(c2cccc(OCc3ccccc3)c2)CN(C)C1. The number of rotatable bonds is 6. The van der Waals surface area contributed by atoms with Crippen LogP contribution in [0.5, 0.6) is 5.75 Å². The number of likely N-dealkylation sites (tertiary alicyclic amines) is 1. The number of nitrogens with zero attached hydrogens (tertiary/aromatic N) is 1. The maximum Gasteiger partial charge on any atom is 0.120 e. The third kappa shape index (κ3) is 3.17. The number of hydrogen-bond acceptors (Lipinski definition) is 2. The summed E-state index contributed by atoms with van der Waals surface area (Å²) in [4.78, 5) is 2.40. The molecule has 0 aliphatic carbocycles. The van der Waals surface area contributed by atoms with Gasteiger partial charge in [-0.3, -0.25) is 0 Å². The summed E-state index contributed by atoms with van der Waals surface area (Å²) < 4.78 is 5.99. The molecule has 2 aromatic carbocycles. The highest BCUT2D eigenvalue weighted by Gasteiger charge is 2.41. The van der Waals surface area contributed by atoms with E-state index < -0.39 is 0 Å². The molecule has 0 amide bonds. The topological polar surface area (TPSA) is 12.5 Å². The molecule has 0 unspecified atom stereocenters.